The summed E-state index contributed by atoms with van der Waals surface area (Å²) in [4.78, 5) is 21.7. The minimum absolute atomic E-state index is 0.211. The number of aromatic nitrogens is 1. The molecule has 0 saturated carbocycles. The van der Waals surface area contributed by atoms with Crippen LogP contribution in [0.2, 0.25) is 10.0 Å². The molecule has 8 heteroatoms. The highest BCUT2D eigenvalue weighted by atomic mass is 35.5. The number of ether oxygens (including phenoxy) is 1. The van der Waals surface area contributed by atoms with Crippen molar-refractivity contribution in [1.82, 2.24) is 9.88 Å². The van der Waals surface area contributed by atoms with Crippen molar-refractivity contribution in [3.8, 4) is 5.75 Å². The number of carbonyl (C=O) groups excluding carboxylic acids is 1. The molecule has 1 amide bonds. The highest BCUT2D eigenvalue weighted by Gasteiger charge is 2.23. The zero-order chi connectivity index (χ0) is 20.3. The van der Waals surface area contributed by atoms with E-state index in [-0.39, 0.29) is 5.91 Å². The third kappa shape index (κ3) is 4.75. The van der Waals surface area contributed by atoms with Crippen LogP contribution < -0.4 is 9.64 Å². The van der Waals surface area contributed by atoms with Crippen molar-refractivity contribution in [1.29, 1.82) is 0 Å². The van der Waals surface area contributed by atoms with Gasteiger partial charge >= 0.3 is 0 Å². The molecule has 0 saturated heterocycles. The van der Waals surface area contributed by atoms with E-state index in [2.05, 4.69) is 9.88 Å². The standard InChI is InChI=1S/C20H21Cl2N3O2S/c1-24(2)9-4-10-25(19(26)15-11-13(21)5-7-16(15)22)20-23-17-12-14(27-3)6-8-18(17)28-20/h5-8,11-12H,4,9-10H2,1-3H3. The molecule has 5 nitrogen and oxygen atoms in total. The molecule has 0 spiro atoms. The van der Waals surface area contributed by atoms with E-state index < -0.39 is 0 Å². The molecule has 0 fully saturated rings. The Labute approximate surface area is 178 Å². The van der Waals surface area contributed by atoms with Gasteiger partial charge in [0.25, 0.3) is 5.91 Å². The van der Waals surface area contributed by atoms with Crippen LogP contribution in [0.5, 0.6) is 5.75 Å². The third-order valence-electron chi connectivity index (χ3n) is 4.21. The molecule has 0 N–H and O–H groups in total. The Balaban J connectivity index is 1.98. The molecule has 0 atom stereocenters. The first-order valence-electron chi connectivity index (χ1n) is 8.75. The molecule has 1 heterocycles. The topological polar surface area (TPSA) is 45.7 Å². The van der Waals surface area contributed by atoms with Gasteiger partial charge in [0.2, 0.25) is 0 Å². The number of benzene rings is 2. The molecule has 0 unspecified atom stereocenters. The summed E-state index contributed by atoms with van der Waals surface area (Å²) >= 11 is 13.8. The lowest BCUT2D eigenvalue weighted by Crippen LogP contribution is -2.33. The zero-order valence-electron chi connectivity index (χ0n) is 15.9. The van der Waals surface area contributed by atoms with Crippen molar-refractivity contribution in [2.75, 3.05) is 39.2 Å². The molecular formula is C20H21Cl2N3O2S. The second kappa shape index (κ2) is 9.09. The van der Waals surface area contributed by atoms with E-state index in [1.54, 1.807) is 30.2 Å². The predicted molar refractivity (Wildman–Crippen MR) is 117 cm³/mol. The summed E-state index contributed by atoms with van der Waals surface area (Å²) in [6.45, 7) is 1.38. The third-order valence-corrected chi connectivity index (χ3v) is 5.83. The number of hydrogen-bond donors (Lipinski definition) is 0. The lowest BCUT2D eigenvalue weighted by Gasteiger charge is -2.21. The molecule has 0 aliphatic heterocycles. The minimum Gasteiger partial charge on any atom is -0.497 e. The number of rotatable bonds is 7. The van der Waals surface area contributed by atoms with Crippen LogP contribution in [-0.4, -0.2) is 50.1 Å². The van der Waals surface area contributed by atoms with Crippen LogP contribution in [0, 0.1) is 0 Å². The number of anilines is 1. The van der Waals surface area contributed by atoms with E-state index >= 15 is 0 Å². The maximum absolute atomic E-state index is 13.3. The summed E-state index contributed by atoms with van der Waals surface area (Å²) < 4.78 is 6.26. The summed E-state index contributed by atoms with van der Waals surface area (Å²) in [6, 6.07) is 10.6. The zero-order valence-corrected chi connectivity index (χ0v) is 18.2. The van der Waals surface area contributed by atoms with Gasteiger partial charge in [-0.2, -0.15) is 0 Å². The largest absolute Gasteiger partial charge is 0.497 e. The van der Waals surface area contributed by atoms with Crippen molar-refractivity contribution in [3.05, 3.63) is 52.0 Å². The van der Waals surface area contributed by atoms with Gasteiger partial charge < -0.3 is 9.64 Å². The van der Waals surface area contributed by atoms with Gasteiger partial charge in [0.05, 0.1) is 27.9 Å². The fourth-order valence-electron chi connectivity index (χ4n) is 2.77. The summed E-state index contributed by atoms with van der Waals surface area (Å²) in [6.07, 6.45) is 0.802. The fourth-order valence-corrected chi connectivity index (χ4v) is 4.11. The van der Waals surface area contributed by atoms with Crippen LogP contribution in [0.4, 0.5) is 5.13 Å². The lowest BCUT2D eigenvalue weighted by atomic mass is 10.2. The van der Waals surface area contributed by atoms with Crippen LogP contribution in [-0.2, 0) is 0 Å². The molecule has 148 valence electrons. The summed E-state index contributed by atoms with van der Waals surface area (Å²) in [5, 5.41) is 1.47. The van der Waals surface area contributed by atoms with Crippen LogP contribution in [0.1, 0.15) is 16.8 Å². The highest BCUT2D eigenvalue weighted by Crippen LogP contribution is 2.33. The van der Waals surface area contributed by atoms with Gasteiger partial charge in [0.15, 0.2) is 5.13 Å². The summed E-state index contributed by atoms with van der Waals surface area (Å²) in [5.74, 6) is 0.519. The average Bonchev–Trinajstić information content (AvgIpc) is 3.09. The maximum atomic E-state index is 13.3. The molecule has 0 bridgehead atoms. The van der Waals surface area contributed by atoms with Crippen molar-refractivity contribution in [2.45, 2.75) is 6.42 Å². The molecule has 2 aromatic carbocycles. The average molecular weight is 438 g/mol. The number of thiazole rings is 1. The van der Waals surface area contributed by atoms with Crippen LogP contribution in [0.3, 0.4) is 0 Å². The Morgan fingerprint density at radius 3 is 2.64 bits per heavy atom. The maximum Gasteiger partial charge on any atom is 0.261 e. The minimum atomic E-state index is -0.211. The van der Waals surface area contributed by atoms with E-state index in [1.807, 2.05) is 32.3 Å². The second-order valence-electron chi connectivity index (χ2n) is 6.57. The first-order chi connectivity index (χ1) is 13.4. The summed E-state index contributed by atoms with van der Waals surface area (Å²) in [5.41, 5.74) is 1.16. The van der Waals surface area contributed by atoms with Gasteiger partial charge in [-0.05, 0) is 57.4 Å². The fraction of sp³-hybridized carbons (Fsp3) is 0.300. The molecule has 3 aromatic rings. The summed E-state index contributed by atoms with van der Waals surface area (Å²) in [7, 11) is 5.63. The van der Waals surface area contributed by atoms with Crippen molar-refractivity contribution < 1.29 is 9.53 Å². The molecule has 1 aromatic heterocycles. The molecule has 3 rings (SSSR count). The normalized spacial score (nSPS) is 11.2. The number of methoxy groups -OCH3 is 1. The SMILES string of the molecule is COc1ccc2sc(N(CCCN(C)C)C(=O)c3cc(Cl)ccc3Cl)nc2c1. The predicted octanol–water partition coefficient (Wildman–Crippen LogP) is 5.21. The number of carbonyl (C=O) groups is 1. The van der Waals surface area contributed by atoms with Crippen molar-refractivity contribution in [3.63, 3.8) is 0 Å². The smallest absolute Gasteiger partial charge is 0.261 e. The van der Waals surface area contributed by atoms with Gasteiger partial charge in [-0.25, -0.2) is 4.98 Å². The first-order valence-corrected chi connectivity index (χ1v) is 10.3. The van der Waals surface area contributed by atoms with Gasteiger partial charge in [0, 0.05) is 17.6 Å². The number of fused-ring (bicyclic) bond motifs is 1. The van der Waals surface area contributed by atoms with Gasteiger partial charge in [-0.1, -0.05) is 34.5 Å². The van der Waals surface area contributed by atoms with E-state index in [0.717, 1.165) is 28.9 Å². The number of nitrogens with zero attached hydrogens (tertiary/aromatic N) is 3. The quantitative estimate of drug-likeness (QED) is 0.508. The van der Waals surface area contributed by atoms with Crippen LogP contribution in [0.15, 0.2) is 36.4 Å². The van der Waals surface area contributed by atoms with Gasteiger partial charge in [-0.3, -0.25) is 9.69 Å². The molecule has 0 radical (unpaired) electrons. The Kier molecular flexibility index (Phi) is 6.78. The monoisotopic (exact) mass is 437 g/mol. The van der Waals surface area contributed by atoms with Gasteiger partial charge in [0.1, 0.15) is 5.75 Å². The Morgan fingerprint density at radius 1 is 1.14 bits per heavy atom. The van der Waals surface area contributed by atoms with Crippen LogP contribution in [0.25, 0.3) is 10.2 Å². The number of hydrogen-bond acceptors (Lipinski definition) is 5. The van der Waals surface area contributed by atoms with E-state index in [0.29, 0.717) is 27.3 Å². The Bertz CT molecular complexity index is 991. The molecule has 0 aliphatic carbocycles. The van der Waals surface area contributed by atoms with Gasteiger partial charge in [-0.15, -0.1) is 0 Å². The van der Waals surface area contributed by atoms with Crippen molar-refractivity contribution >= 4 is 55.8 Å². The Morgan fingerprint density at radius 2 is 1.93 bits per heavy atom. The van der Waals surface area contributed by atoms with Crippen LogP contribution >= 0.6 is 34.5 Å². The highest BCUT2D eigenvalue weighted by molar-refractivity contribution is 7.22. The molecule has 28 heavy (non-hydrogen) atoms. The number of amides is 1. The Hall–Kier alpha value is -1.86. The second-order valence-corrected chi connectivity index (χ2v) is 8.42. The number of halogens is 2. The lowest BCUT2D eigenvalue weighted by molar-refractivity contribution is 0.0986. The van der Waals surface area contributed by atoms with Crippen molar-refractivity contribution in [2.24, 2.45) is 0 Å². The van der Waals surface area contributed by atoms with E-state index in [4.69, 9.17) is 27.9 Å². The first kappa shape index (κ1) is 20.9. The van der Waals surface area contributed by atoms with E-state index in [1.165, 1.54) is 11.3 Å². The molecule has 0 aliphatic rings. The molecular weight excluding hydrogens is 417 g/mol. The van der Waals surface area contributed by atoms with E-state index in [9.17, 15) is 4.79 Å².